The topological polar surface area (TPSA) is 84.3 Å². The highest BCUT2D eigenvalue weighted by molar-refractivity contribution is 6.34. The third-order valence-electron chi connectivity index (χ3n) is 5.25. The molecule has 0 saturated carbocycles. The Morgan fingerprint density at radius 1 is 1.03 bits per heavy atom. The molecule has 0 bridgehead atoms. The molecule has 0 radical (unpaired) electrons. The maximum Gasteiger partial charge on any atom is 0.266 e. The molecular formula is C22H20N4O3. The van der Waals surface area contributed by atoms with Crippen LogP contribution in [0.15, 0.2) is 54.7 Å². The summed E-state index contributed by atoms with van der Waals surface area (Å²) in [5.41, 5.74) is 3.37. The molecule has 1 aromatic heterocycles. The predicted molar refractivity (Wildman–Crippen MR) is 108 cm³/mol. The maximum absolute atomic E-state index is 12.8. The molecule has 0 aliphatic carbocycles. The zero-order valence-corrected chi connectivity index (χ0v) is 16.3. The average Bonchev–Trinajstić information content (AvgIpc) is 3.19. The molecule has 146 valence electrons. The third kappa shape index (κ3) is 3.10. The van der Waals surface area contributed by atoms with Gasteiger partial charge in [0.25, 0.3) is 17.7 Å². The molecule has 0 fully saturated rings. The first-order chi connectivity index (χ1) is 13.9. The normalized spacial score (nSPS) is 14.1. The Hall–Kier alpha value is -3.74. The predicted octanol–water partition coefficient (Wildman–Crippen LogP) is 3.02. The minimum Gasteiger partial charge on any atom is -0.345 e. The van der Waals surface area contributed by atoms with E-state index < -0.39 is 0 Å². The van der Waals surface area contributed by atoms with Crippen molar-refractivity contribution in [2.45, 2.75) is 19.9 Å². The van der Waals surface area contributed by atoms with Crippen molar-refractivity contribution in [2.24, 2.45) is 7.05 Å². The van der Waals surface area contributed by atoms with Gasteiger partial charge in [-0.05, 0) is 44.2 Å². The lowest BCUT2D eigenvalue weighted by Crippen LogP contribution is -2.30. The van der Waals surface area contributed by atoms with Gasteiger partial charge in [0, 0.05) is 23.9 Å². The molecule has 2 heterocycles. The molecule has 1 atom stereocenters. The summed E-state index contributed by atoms with van der Waals surface area (Å²) >= 11 is 0. The molecule has 1 aliphatic rings. The highest BCUT2D eigenvalue weighted by Crippen LogP contribution is 2.29. The number of anilines is 1. The van der Waals surface area contributed by atoms with Crippen molar-refractivity contribution < 1.29 is 14.4 Å². The minimum absolute atomic E-state index is 0.237. The molecular weight excluding hydrogens is 368 g/mol. The third-order valence-corrected chi connectivity index (χ3v) is 5.25. The lowest BCUT2D eigenvalue weighted by Gasteiger charge is -2.17. The first-order valence-corrected chi connectivity index (χ1v) is 9.25. The first kappa shape index (κ1) is 18.6. The van der Waals surface area contributed by atoms with E-state index >= 15 is 0 Å². The summed E-state index contributed by atoms with van der Waals surface area (Å²) in [4.78, 5) is 39.2. The number of aryl methyl sites for hydroxylation is 1. The van der Waals surface area contributed by atoms with Gasteiger partial charge in [-0.2, -0.15) is 5.10 Å². The van der Waals surface area contributed by atoms with E-state index in [2.05, 4.69) is 10.4 Å². The van der Waals surface area contributed by atoms with Crippen molar-refractivity contribution in [1.82, 2.24) is 15.1 Å². The largest absolute Gasteiger partial charge is 0.345 e. The summed E-state index contributed by atoms with van der Waals surface area (Å²) < 4.78 is 1.75. The van der Waals surface area contributed by atoms with E-state index in [1.807, 2.05) is 20.9 Å². The Bertz CT molecular complexity index is 1110. The number of nitrogens with zero attached hydrogens (tertiary/aromatic N) is 3. The SMILES string of the molecule is Cc1c(C(C)NC(=O)c2cccc(N3C(=O)c4ccccc4C3=O)c2)cnn1C. The quantitative estimate of drug-likeness (QED) is 0.697. The average molecular weight is 388 g/mol. The number of carbonyl (C=O) groups excluding carboxylic acids is 3. The lowest BCUT2D eigenvalue weighted by atomic mass is 10.1. The second kappa shape index (κ2) is 7.01. The van der Waals surface area contributed by atoms with Gasteiger partial charge in [-0.1, -0.05) is 18.2 Å². The van der Waals surface area contributed by atoms with Gasteiger partial charge in [0.05, 0.1) is 29.1 Å². The molecule has 0 spiro atoms. The van der Waals surface area contributed by atoms with Crippen LogP contribution in [0.4, 0.5) is 5.69 Å². The molecule has 7 heteroatoms. The first-order valence-electron chi connectivity index (χ1n) is 9.25. The molecule has 3 amide bonds. The summed E-state index contributed by atoms with van der Waals surface area (Å²) in [5, 5.41) is 7.15. The number of hydrogen-bond donors (Lipinski definition) is 1. The zero-order chi connectivity index (χ0) is 20.7. The van der Waals surface area contributed by atoms with Crippen LogP contribution in [0.2, 0.25) is 0 Å². The number of carbonyl (C=O) groups is 3. The molecule has 7 nitrogen and oxygen atoms in total. The van der Waals surface area contributed by atoms with E-state index in [4.69, 9.17) is 0 Å². The Kier molecular flexibility index (Phi) is 4.50. The monoisotopic (exact) mass is 388 g/mol. The number of fused-ring (bicyclic) bond motifs is 1. The Balaban J connectivity index is 1.58. The van der Waals surface area contributed by atoms with E-state index in [0.717, 1.165) is 16.2 Å². The second-order valence-corrected chi connectivity index (χ2v) is 7.05. The van der Waals surface area contributed by atoms with Gasteiger partial charge < -0.3 is 5.32 Å². The number of hydrogen-bond acceptors (Lipinski definition) is 4. The smallest absolute Gasteiger partial charge is 0.266 e. The van der Waals surface area contributed by atoms with E-state index in [-0.39, 0.29) is 23.8 Å². The Labute approximate surface area is 167 Å². The molecule has 1 aliphatic heterocycles. The van der Waals surface area contributed by atoms with E-state index in [1.165, 1.54) is 0 Å². The van der Waals surface area contributed by atoms with E-state index in [0.29, 0.717) is 22.4 Å². The fourth-order valence-corrected chi connectivity index (χ4v) is 3.51. The van der Waals surface area contributed by atoms with Gasteiger partial charge in [0.15, 0.2) is 0 Å². The number of amides is 3. The minimum atomic E-state index is -0.387. The van der Waals surface area contributed by atoms with Crippen LogP contribution in [0, 0.1) is 6.92 Å². The summed E-state index contributed by atoms with van der Waals surface area (Å²) in [6.07, 6.45) is 1.73. The number of imide groups is 1. The van der Waals surface area contributed by atoms with Crippen LogP contribution in [0.5, 0.6) is 0 Å². The van der Waals surface area contributed by atoms with Gasteiger partial charge in [0.2, 0.25) is 0 Å². The van der Waals surface area contributed by atoms with Crippen molar-refractivity contribution in [2.75, 3.05) is 4.90 Å². The standard InChI is InChI=1S/C22H20N4O3/c1-13(19-12-23-25(3)14(19)2)24-20(27)15-7-6-8-16(11-15)26-21(28)17-9-4-5-10-18(17)22(26)29/h4-13H,1-3H3,(H,24,27). The van der Waals surface area contributed by atoms with Gasteiger partial charge in [-0.15, -0.1) is 0 Å². The fraction of sp³-hybridized carbons (Fsp3) is 0.182. The maximum atomic E-state index is 12.8. The van der Waals surface area contributed by atoms with E-state index in [9.17, 15) is 14.4 Å². The van der Waals surface area contributed by atoms with Crippen LogP contribution < -0.4 is 10.2 Å². The van der Waals surface area contributed by atoms with Crippen LogP contribution in [-0.2, 0) is 7.05 Å². The molecule has 1 N–H and O–H groups in total. The highest BCUT2D eigenvalue weighted by atomic mass is 16.2. The number of aromatic nitrogens is 2. The van der Waals surface area contributed by atoms with Crippen molar-refractivity contribution in [3.8, 4) is 0 Å². The molecule has 0 saturated heterocycles. The van der Waals surface area contributed by atoms with Crippen molar-refractivity contribution in [3.05, 3.63) is 82.7 Å². The number of nitrogens with one attached hydrogen (secondary N) is 1. The van der Waals surface area contributed by atoms with Crippen LogP contribution in [0.1, 0.15) is 55.3 Å². The Morgan fingerprint density at radius 2 is 1.69 bits per heavy atom. The van der Waals surface area contributed by atoms with Crippen molar-refractivity contribution in [1.29, 1.82) is 0 Å². The van der Waals surface area contributed by atoms with Crippen molar-refractivity contribution >= 4 is 23.4 Å². The zero-order valence-electron chi connectivity index (χ0n) is 16.3. The number of benzene rings is 2. The lowest BCUT2D eigenvalue weighted by molar-refractivity contribution is 0.0916. The number of rotatable bonds is 4. The molecule has 1 unspecified atom stereocenters. The van der Waals surface area contributed by atoms with Gasteiger partial charge in [0.1, 0.15) is 0 Å². The summed E-state index contributed by atoms with van der Waals surface area (Å²) in [5.74, 6) is -1.07. The van der Waals surface area contributed by atoms with Crippen LogP contribution in [-0.4, -0.2) is 27.5 Å². The molecule has 2 aromatic carbocycles. The summed E-state index contributed by atoms with van der Waals surface area (Å²) in [6.45, 7) is 3.82. The Morgan fingerprint density at radius 3 is 2.28 bits per heavy atom. The van der Waals surface area contributed by atoms with Gasteiger partial charge in [-0.25, -0.2) is 4.90 Å². The summed E-state index contributed by atoms with van der Waals surface area (Å²) in [7, 11) is 1.85. The van der Waals surface area contributed by atoms with E-state index in [1.54, 1.807) is 59.4 Å². The van der Waals surface area contributed by atoms with Crippen LogP contribution in [0.25, 0.3) is 0 Å². The van der Waals surface area contributed by atoms with Crippen molar-refractivity contribution in [3.63, 3.8) is 0 Å². The molecule has 3 aromatic rings. The van der Waals surface area contributed by atoms with Crippen LogP contribution in [0.3, 0.4) is 0 Å². The van der Waals surface area contributed by atoms with Gasteiger partial charge in [-0.3, -0.25) is 19.1 Å². The van der Waals surface area contributed by atoms with Gasteiger partial charge >= 0.3 is 0 Å². The fourth-order valence-electron chi connectivity index (χ4n) is 3.51. The molecule has 29 heavy (non-hydrogen) atoms. The second-order valence-electron chi connectivity index (χ2n) is 7.05. The molecule has 4 rings (SSSR count). The van der Waals surface area contributed by atoms with Crippen LogP contribution >= 0.6 is 0 Å². The summed E-state index contributed by atoms with van der Waals surface area (Å²) in [6, 6.07) is 13.0. The highest BCUT2D eigenvalue weighted by Gasteiger charge is 2.36.